The van der Waals surface area contributed by atoms with Crippen LogP contribution in [0.15, 0.2) is 24.3 Å². The van der Waals surface area contributed by atoms with Gasteiger partial charge in [0.1, 0.15) is 5.82 Å². The van der Waals surface area contributed by atoms with Crippen molar-refractivity contribution in [2.24, 2.45) is 0 Å². The Hall–Kier alpha value is -0.570. The molecule has 0 aliphatic heterocycles. The highest BCUT2D eigenvalue weighted by Crippen LogP contribution is 2.39. The summed E-state index contributed by atoms with van der Waals surface area (Å²) in [5.41, 5.74) is 1.90. The summed E-state index contributed by atoms with van der Waals surface area (Å²) < 4.78 is 13.0. The van der Waals surface area contributed by atoms with E-state index in [0.29, 0.717) is 5.02 Å². The molecule has 0 aliphatic carbocycles. The van der Waals surface area contributed by atoms with Gasteiger partial charge in [0.15, 0.2) is 0 Å². The van der Waals surface area contributed by atoms with Gasteiger partial charge in [-0.3, -0.25) is 0 Å². The highest BCUT2D eigenvalue weighted by Gasteiger charge is 2.18. The van der Waals surface area contributed by atoms with Gasteiger partial charge in [-0.25, -0.2) is 4.39 Å². The third kappa shape index (κ3) is 2.65. The van der Waals surface area contributed by atoms with Crippen molar-refractivity contribution in [2.45, 2.75) is 19.2 Å². The highest BCUT2D eigenvalue weighted by molar-refractivity contribution is 7.12. The fourth-order valence-electron chi connectivity index (χ4n) is 1.76. The minimum atomic E-state index is -0.346. The summed E-state index contributed by atoms with van der Waals surface area (Å²) in [6.45, 7) is 4.06. The van der Waals surface area contributed by atoms with Crippen LogP contribution in [0.25, 0.3) is 0 Å². The van der Waals surface area contributed by atoms with Crippen LogP contribution in [-0.4, -0.2) is 0 Å². The van der Waals surface area contributed by atoms with Gasteiger partial charge in [0.05, 0.1) is 5.38 Å². The van der Waals surface area contributed by atoms with Crippen LogP contribution in [0.3, 0.4) is 0 Å². The molecule has 0 spiro atoms. The van der Waals surface area contributed by atoms with Gasteiger partial charge in [0.2, 0.25) is 0 Å². The molecule has 4 heteroatoms. The number of aryl methyl sites for hydroxylation is 2. The number of alkyl halides is 1. The molecular weight excluding hydrogens is 278 g/mol. The van der Waals surface area contributed by atoms with Crippen LogP contribution in [0.5, 0.6) is 0 Å². The van der Waals surface area contributed by atoms with Gasteiger partial charge in [-0.2, -0.15) is 0 Å². The van der Waals surface area contributed by atoms with Gasteiger partial charge >= 0.3 is 0 Å². The average molecular weight is 289 g/mol. The first kappa shape index (κ1) is 12.9. The molecule has 2 rings (SSSR count). The molecular formula is C13H11Cl2FS. The van der Waals surface area contributed by atoms with Crippen LogP contribution in [-0.2, 0) is 0 Å². The van der Waals surface area contributed by atoms with Crippen LogP contribution in [0.4, 0.5) is 4.39 Å². The molecule has 1 unspecified atom stereocenters. The molecule has 90 valence electrons. The summed E-state index contributed by atoms with van der Waals surface area (Å²) in [6.07, 6.45) is 0. The molecule has 0 fully saturated rings. The molecule has 0 N–H and O–H groups in total. The Bertz CT molecular complexity index is 548. The summed E-state index contributed by atoms with van der Waals surface area (Å²) in [7, 11) is 0. The molecule has 1 aromatic carbocycles. The molecule has 0 bridgehead atoms. The Morgan fingerprint density at radius 1 is 1.24 bits per heavy atom. The fraction of sp³-hybridized carbons (Fsp3) is 0.231. The number of thiophene rings is 1. The number of hydrogen-bond donors (Lipinski definition) is 0. The quantitative estimate of drug-likeness (QED) is 0.642. The van der Waals surface area contributed by atoms with E-state index in [-0.39, 0.29) is 11.2 Å². The molecule has 17 heavy (non-hydrogen) atoms. The average Bonchev–Trinajstić information content (AvgIpc) is 2.57. The second-order valence-electron chi connectivity index (χ2n) is 3.93. The van der Waals surface area contributed by atoms with E-state index >= 15 is 0 Å². The summed E-state index contributed by atoms with van der Waals surface area (Å²) in [4.78, 5) is 2.28. The summed E-state index contributed by atoms with van der Waals surface area (Å²) >= 11 is 14.1. The Labute approximate surface area is 114 Å². The Morgan fingerprint density at radius 2 is 1.94 bits per heavy atom. The summed E-state index contributed by atoms with van der Waals surface area (Å²) in [6, 6.07) is 6.41. The van der Waals surface area contributed by atoms with E-state index in [1.807, 2.05) is 13.8 Å². The second-order valence-corrected chi connectivity index (χ2v) is 6.06. The summed E-state index contributed by atoms with van der Waals surface area (Å²) in [5, 5.41) is 0.0530. The lowest BCUT2D eigenvalue weighted by Gasteiger charge is -2.11. The second kappa shape index (κ2) is 4.97. The smallest absolute Gasteiger partial charge is 0.124 e. The van der Waals surface area contributed by atoms with Crippen LogP contribution in [0.1, 0.15) is 26.3 Å². The van der Waals surface area contributed by atoms with Crippen LogP contribution >= 0.6 is 34.5 Å². The van der Waals surface area contributed by atoms with Gasteiger partial charge in [-0.1, -0.05) is 17.7 Å². The third-order valence-corrected chi connectivity index (χ3v) is 4.67. The molecule has 0 radical (unpaired) electrons. The zero-order valence-corrected chi connectivity index (χ0v) is 11.8. The van der Waals surface area contributed by atoms with Crippen molar-refractivity contribution in [3.63, 3.8) is 0 Å². The van der Waals surface area contributed by atoms with Gasteiger partial charge in [-0.05, 0) is 43.2 Å². The van der Waals surface area contributed by atoms with E-state index in [2.05, 4.69) is 6.07 Å². The maximum absolute atomic E-state index is 13.0. The maximum atomic E-state index is 13.0. The molecule has 2 aromatic rings. The monoisotopic (exact) mass is 288 g/mol. The van der Waals surface area contributed by atoms with Crippen molar-refractivity contribution in [3.05, 3.63) is 56.0 Å². The molecule has 1 heterocycles. The first-order chi connectivity index (χ1) is 7.99. The van der Waals surface area contributed by atoms with Crippen molar-refractivity contribution < 1.29 is 4.39 Å². The van der Waals surface area contributed by atoms with E-state index in [4.69, 9.17) is 23.2 Å². The van der Waals surface area contributed by atoms with Gasteiger partial charge < -0.3 is 0 Å². The zero-order valence-electron chi connectivity index (χ0n) is 9.43. The number of benzene rings is 1. The third-order valence-electron chi connectivity index (χ3n) is 2.55. The molecule has 0 saturated carbocycles. The van der Waals surface area contributed by atoms with Crippen molar-refractivity contribution in [3.8, 4) is 0 Å². The first-order valence-corrected chi connectivity index (χ1v) is 6.78. The van der Waals surface area contributed by atoms with E-state index in [1.54, 1.807) is 17.4 Å². The SMILES string of the molecule is Cc1cc(C)c(C(Cl)c2ccc(F)cc2Cl)s1. The molecule has 0 amide bonds. The maximum Gasteiger partial charge on any atom is 0.124 e. The van der Waals surface area contributed by atoms with E-state index < -0.39 is 0 Å². The fourth-order valence-corrected chi connectivity index (χ4v) is 3.62. The van der Waals surface area contributed by atoms with Crippen molar-refractivity contribution in [1.29, 1.82) is 0 Å². The topological polar surface area (TPSA) is 0 Å². The van der Waals surface area contributed by atoms with Crippen LogP contribution in [0.2, 0.25) is 5.02 Å². The lowest BCUT2D eigenvalue weighted by molar-refractivity contribution is 0.627. The Kier molecular flexibility index (Phi) is 3.76. The number of hydrogen-bond acceptors (Lipinski definition) is 1. The Balaban J connectivity index is 2.43. The van der Waals surface area contributed by atoms with Gasteiger partial charge in [-0.15, -0.1) is 22.9 Å². The normalized spacial score (nSPS) is 12.8. The van der Waals surface area contributed by atoms with E-state index in [1.165, 1.54) is 17.0 Å². The van der Waals surface area contributed by atoms with Gasteiger partial charge in [0, 0.05) is 14.8 Å². The number of rotatable bonds is 2. The van der Waals surface area contributed by atoms with Gasteiger partial charge in [0.25, 0.3) is 0 Å². The highest BCUT2D eigenvalue weighted by atomic mass is 35.5. The molecule has 0 aliphatic rings. The van der Waals surface area contributed by atoms with Crippen molar-refractivity contribution >= 4 is 34.5 Å². The lowest BCUT2D eigenvalue weighted by Crippen LogP contribution is -1.94. The molecule has 1 aromatic heterocycles. The zero-order chi connectivity index (χ0) is 12.6. The largest absolute Gasteiger partial charge is 0.207 e. The molecule has 0 saturated heterocycles. The van der Waals surface area contributed by atoms with Crippen LogP contribution in [0, 0.1) is 19.7 Å². The predicted molar refractivity (Wildman–Crippen MR) is 72.9 cm³/mol. The summed E-state index contributed by atoms with van der Waals surface area (Å²) in [5.74, 6) is -0.346. The lowest BCUT2D eigenvalue weighted by atomic mass is 10.1. The number of halogens is 3. The first-order valence-electron chi connectivity index (χ1n) is 5.15. The minimum absolute atomic E-state index is 0.318. The minimum Gasteiger partial charge on any atom is -0.207 e. The van der Waals surface area contributed by atoms with E-state index in [0.717, 1.165) is 16.0 Å². The predicted octanol–water partition coefficient (Wildman–Crippen LogP) is 5.49. The molecule has 1 atom stereocenters. The van der Waals surface area contributed by atoms with E-state index in [9.17, 15) is 4.39 Å². The standard InChI is InChI=1S/C13H11Cl2FS/c1-7-5-8(2)17-13(7)12(15)10-4-3-9(16)6-11(10)14/h3-6,12H,1-2H3. The Morgan fingerprint density at radius 3 is 2.47 bits per heavy atom. The van der Waals surface area contributed by atoms with Crippen molar-refractivity contribution in [1.82, 2.24) is 0 Å². The molecule has 0 nitrogen and oxygen atoms in total. The van der Waals surface area contributed by atoms with Crippen LogP contribution < -0.4 is 0 Å². The van der Waals surface area contributed by atoms with Crippen molar-refractivity contribution in [2.75, 3.05) is 0 Å².